The summed E-state index contributed by atoms with van der Waals surface area (Å²) in [5.74, 6) is 0. The standard InChI is InChI=1S/C10H18O4/c1-6-8-9(12-4)10(14-6,5-11-3)7(2)13-8/h6-9H,5H2,1-4H3/t6-,7-,8?,9?,10-/m0/s1. The highest BCUT2D eigenvalue weighted by Crippen LogP contribution is 2.45. The minimum absolute atomic E-state index is 0.00699. The molecule has 0 saturated carbocycles. The van der Waals surface area contributed by atoms with E-state index in [1.807, 2.05) is 13.8 Å². The Morgan fingerprint density at radius 3 is 2.57 bits per heavy atom. The quantitative estimate of drug-likeness (QED) is 0.671. The zero-order valence-corrected chi connectivity index (χ0v) is 9.15. The molecule has 4 heteroatoms. The average molecular weight is 202 g/mol. The van der Waals surface area contributed by atoms with E-state index >= 15 is 0 Å². The van der Waals surface area contributed by atoms with Gasteiger partial charge in [-0.1, -0.05) is 0 Å². The van der Waals surface area contributed by atoms with Gasteiger partial charge in [0.1, 0.15) is 17.8 Å². The van der Waals surface area contributed by atoms with Gasteiger partial charge in [0.25, 0.3) is 0 Å². The fourth-order valence-corrected chi connectivity index (χ4v) is 2.66. The summed E-state index contributed by atoms with van der Waals surface area (Å²) in [6.45, 7) is 4.55. The predicted octanol–water partition coefficient (Wildman–Crippen LogP) is 0.593. The van der Waals surface area contributed by atoms with Crippen LogP contribution in [0.25, 0.3) is 0 Å². The number of ether oxygens (including phenoxy) is 4. The van der Waals surface area contributed by atoms with Gasteiger partial charge in [-0.25, -0.2) is 0 Å². The van der Waals surface area contributed by atoms with Crippen molar-refractivity contribution in [3.8, 4) is 0 Å². The van der Waals surface area contributed by atoms with Crippen LogP contribution in [-0.4, -0.2) is 50.8 Å². The number of methoxy groups -OCH3 is 2. The second-order valence-corrected chi connectivity index (χ2v) is 4.11. The lowest BCUT2D eigenvalue weighted by molar-refractivity contribution is -0.194. The van der Waals surface area contributed by atoms with Crippen molar-refractivity contribution >= 4 is 0 Å². The Morgan fingerprint density at radius 1 is 1.29 bits per heavy atom. The summed E-state index contributed by atoms with van der Waals surface area (Å²) in [7, 11) is 3.37. The van der Waals surface area contributed by atoms with Gasteiger partial charge in [0.2, 0.25) is 0 Å². The zero-order valence-electron chi connectivity index (χ0n) is 9.15. The molecule has 0 amide bonds. The van der Waals surface area contributed by atoms with Crippen molar-refractivity contribution in [1.29, 1.82) is 0 Å². The van der Waals surface area contributed by atoms with Crippen molar-refractivity contribution in [3.63, 3.8) is 0 Å². The first-order chi connectivity index (χ1) is 6.65. The summed E-state index contributed by atoms with van der Waals surface area (Å²) in [5.41, 5.74) is -0.409. The van der Waals surface area contributed by atoms with Gasteiger partial charge >= 0.3 is 0 Å². The van der Waals surface area contributed by atoms with Crippen LogP contribution < -0.4 is 0 Å². The van der Waals surface area contributed by atoms with E-state index in [0.717, 1.165) is 0 Å². The van der Waals surface area contributed by atoms with Gasteiger partial charge in [0.05, 0.1) is 18.8 Å². The lowest BCUT2D eigenvalue weighted by atomic mass is 9.94. The first-order valence-electron chi connectivity index (χ1n) is 5.00. The largest absolute Gasteiger partial charge is 0.381 e. The first-order valence-corrected chi connectivity index (χ1v) is 5.00. The molecule has 0 N–H and O–H groups in total. The molecule has 0 aliphatic carbocycles. The van der Waals surface area contributed by atoms with Crippen molar-refractivity contribution in [2.24, 2.45) is 0 Å². The van der Waals surface area contributed by atoms with E-state index in [-0.39, 0.29) is 24.4 Å². The maximum absolute atomic E-state index is 5.93. The summed E-state index contributed by atoms with van der Waals surface area (Å²) in [6.07, 6.45) is 0.164. The molecule has 2 unspecified atom stereocenters. The minimum Gasteiger partial charge on any atom is -0.381 e. The molecule has 0 spiro atoms. The van der Waals surface area contributed by atoms with E-state index in [2.05, 4.69) is 0 Å². The molecular weight excluding hydrogens is 184 g/mol. The van der Waals surface area contributed by atoms with Crippen LogP contribution in [0.15, 0.2) is 0 Å². The Hall–Kier alpha value is -0.160. The summed E-state index contributed by atoms with van der Waals surface area (Å²) >= 11 is 0. The highest BCUT2D eigenvalue weighted by Gasteiger charge is 2.64. The average Bonchev–Trinajstić information content (AvgIpc) is 2.54. The molecule has 14 heavy (non-hydrogen) atoms. The van der Waals surface area contributed by atoms with Crippen LogP contribution in [0.4, 0.5) is 0 Å². The molecule has 2 heterocycles. The number of hydrogen-bond donors (Lipinski definition) is 0. The van der Waals surface area contributed by atoms with Crippen LogP contribution in [-0.2, 0) is 18.9 Å². The normalized spacial score (nSPS) is 51.4. The van der Waals surface area contributed by atoms with E-state index < -0.39 is 5.60 Å². The highest BCUT2D eigenvalue weighted by molar-refractivity contribution is 5.11. The maximum Gasteiger partial charge on any atom is 0.146 e. The van der Waals surface area contributed by atoms with E-state index in [4.69, 9.17) is 18.9 Å². The molecule has 2 aliphatic rings. The lowest BCUT2D eigenvalue weighted by Crippen LogP contribution is -2.50. The molecule has 4 nitrogen and oxygen atoms in total. The van der Waals surface area contributed by atoms with Gasteiger partial charge < -0.3 is 18.9 Å². The summed E-state index contributed by atoms with van der Waals surface area (Å²) < 4.78 is 22.4. The third-order valence-corrected chi connectivity index (χ3v) is 3.32. The van der Waals surface area contributed by atoms with Crippen LogP contribution >= 0.6 is 0 Å². The summed E-state index contributed by atoms with van der Waals surface area (Å²) in [4.78, 5) is 0. The smallest absolute Gasteiger partial charge is 0.146 e. The predicted molar refractivity (Wildman–Crippen MR) is 50.3 cm³/mol. The molecule has 0 aromatic heterocycles. The Balaban J connectivity index is 2.25. The maximum atomic E-state index is 5.93. The molecular formula is C10H18O4. The second-order valence-electron chi connectivity index (χ2n) is 4.11. The molecule has 2 bridgehead atoms. The van der Waals surface area contributed by atoms with E-state index in [9.17, 15) is 0 Å². The molecule has 2 rings (SSSR count). The second kappa shape index (κ2) is 3.45. The summed E-state index contributed by atoms with van der Waals surface area (Å²) in [6, 6.07) is 0. The molecule has 0 aromatic carbocycles. The van der Waals surface area contributed by atoms with Gasteiger partial charge in [-0.15, -0.1) is 0 Å². The molecule has 2 saturated heterocycles. The summed E-state index contributed by atoms with van der Waals surface area (Å²) in [5, 5.41) is 0. The Morgan fingerprint density at radius 2 is 2.00 bits per heavy atom. The number of rotatable bonds is 3. The van der Waals surface area contributed by atoms with Crippen LogP contribution in [0.5, 0.6) is 0 Å². The van der Waals surface area contributed by atoms with Crippen LogP contribution in [0, 0.1) is 0 Å². The van der Waals surface area contributed by atoms with E-state index in [1.165, 1.54) is 0 Å². The monoisotopic (exact) mass is 202 g/mol. The van der Waals surface area contributed by atoms with Gasteiger partial charge in [0.15, 0.2) is 0 Å². The molecule has 0 aromatic rings. The zero-order chi connectivity index (χ0) is 10.3. The molecule has 2 aliphatic heterocycles. The molecule has 82 valence electrons. The Labute approximate surface area is 84.5 Å². The molecule has 2 fully saturated rings. The number of hydrogen-bond acceptors (Lipinski definition) is 4. The van der Waals surface area contributed by atoms with Crippen molar-refractivity contribution in [2.45, 2.75) is 43.9 Å². The SMILES string of the molecule is COC[C@]12O[C@@H](C)C(O[C@H]1C)C2OC. The van der Waals surface area contributed by atoms with Crippen LogP contribution in [0.2, 0.25) is 0 Å². The van der Waals surface area contributed by atoms with Crippen molar-refractivity contribution in [2.75, 3.05) is 20.8 Å². The van der Waals surface area contributed by atoms with Crippen molar-refractivity contribution in [1.82, 2.24) is 0 Å². The van der Waals surface area contributed by atoms with Gasteiger partial charge in [0, 0.05) is 14.2 Å². The van der Waals surface area contributed by atoms with Gasteiger partial charge in [-0.2, -0.15) is 0 Å². The Bertz CT molecular complexity index is 220. The Kier molecular flexibility index (Phi) is 2.55. The topological polar surface area (TPSA) is 36.9 Å². The molecule has 0 radical (unpaired) electrons. The fourth-order valence-electron chi connectivity index (χ4n) is 2.66. The third kappa shape index (κ3) is 1.15. The first kappa shape index (κ1) is 10.4. The van der Waals surface area contributed by atoms with E-state index in [0.29, 0.717) is 6.61 Å². The third-order valence-electron chi connectivity index (χ3n) is 3.32. The number of fused-ring (bicyclic) bond motifs is 2. The minimum atomic E-state index is -0.409. The van der Waals surface area contributed by atoms with Crippen LogP contribution in [0.3, 0.4) is 0 Å². The van der Waals surface area contributed by atoms with Gasteiger partial charge in [-0.05, 0) is 13.8 Å². The van der Waals surface area contributed by atoms with Crippen LogP contribution in [0.1, 0.15) is 13.8 Å². The van der Waals surface area contributed by atoms with E-state index in [1.54, 1.807) is 14.2 Å². The van der Waals surface area contributed by atoms with Crippen molar-refractivity contribution in [3.05, 3.63) is 0 Å². The van der Waals surface area contributed by atoms with Crippen molar-refractivity contribution < 1.29 is 18.9 Å². The van der Waals surface area contributed by atoms with Gasteiger partial charge in [-0.3, -0.25) is 0 Å². The lowest BCUT2D eigenvalue weighted by Gasteiger charge is -2.34. The molecule has 5 atom stereocenters. The highest BCUT2D eigenvalue weighted by atomic mass is 16.7. The fraction of sp³-hybridized carbons (Fsp3) is 1.00.